The van der Waals surface area contributed by atoms with Crippen LogP contribution in [0.5, 0.6) is 0 Å². The van der Waals surface area contributed by atoms with Crippen LogP contribution in [0.4, 0.5) is 5.69 Å². The minimum Gasteiger partial charge on any atom is -0.368 e. The molecule has 0 aliphatic carbocycles. The molecule has 1 aromatic carbocycles. The lowest BCUT2D eigenvalue weighted by molar-refractivity contribution is 0.586. The zero-order valence-corrected chi connectivity index (χ0v) is 10.3. The third kappa shape index (κ3) is 2.66. The van der Waals surface area contributed by atoms with Crippen molar-refractivity contribution >= 4 is 27.3 Å². The van der Waals surface area contributed by atoms with Gasteiger partial charge in [-0.25, -0.2) is 13.1 Å². The number of sulfonamides is 1. The van der Waals surface area contributed by atoms with E-state index in [1.165, 1.54) is 0 Å². The summed E-state index contributed by atoms with van der Waals surface area (Å²) in [6.45, 7) is 1.54. The van der Waals surface area contributed by atoms with Gasteiger partial charge in [0.05, 0.1) is 16.5 Å². The highest BCUT2D eigenvalue weighted by Crippen LogP contribution is 2.25. The third-order valence-electron chi connectivity index (χ3n) is 2.53. The Balaban J connectivity index is 2.20. The topological polar surface area (TPSA) is 49.4 Å². The van der Waals surface area contributed by atoms with E-state index in [0.717, 1.165) is 5.69 Å². The molecule has 0 unspecified atom stereocenters. The molecule has 4 nitrogen and oxygen atoms in total. The van der Waals surface area contributed by atoms with E-state index in [-0.39, 0.29) is 5.75 Å². The van der Waals surface area contributed by atoms with Gasteiger partial charge < -0.3 is 4.90 Å². The highest BCUT2D eigenvalue weighted by molar-refractivity contribution is 7.89. The van der Waals surface area contributed by atoms with Crippen molar-refractivity contribution in [2.24, 2.45) is 0 Å². The maximum Gasteiger partial charge on any atom is 0.213 e. The van der Waals surface area contributed by atoms with Crippen molar-refractivity contribution in [2.45, 2.75) is 0 Å². The van der Waals surface area contributed by atoms with Gasteiger partial charge in [0.25, 0.3) is 0 Å². The van der Waals surface area contributed by atoms with Crippen LogP contribution in [0, 0.1) is 0 Å². The summed E-state index contributed by atoms with van der Waals surface area (Å²) in [7, 11) is -3.11. The minimum absolute atomic E-state index is 0.109. The van der Waals surface area contributed by atoms with Crippen molar-refractivity contribution in [3.63, 3.8) is 0 Å². The van der Waals surface area contributed by atoms with Crippen LogP contribution < -0.4 is 9.62 Å². The van der Waals surface area contributed by atoms with Gasteiger partial charge in [0.2, 0.25) is 10.0 Å². The van der Waals surface area contributed by atoms with Crippen molar-refractivity contribution in [1.82, 2.24) is 4.72 Å². The number of benzene rings is 1. The van der Waals surface area contributed by atoms with Gasteiger partial charge in [-0.1, -0.05) is 23.7 Å². The summed E-state index contributed by atoms with van der Waals surface area (Å²) in [6, 6.07) is 7.47. The summed E-state index contributed by atoms with van der Waals surface area (Å²) < 4.78 is 25.3. The number of halogens is 1. The standard InChI is InChI=1S/C10H13ClN2O2S/c11-9-3-1-2-4-10(9)13-6-5-12-16(14,15)8-7-13/h1-4,12H,5-8H2. The van der Waals surface area contributed by atoms with Crippen molar-refractivity contribution in [1.29, 1.82) is 0 Å². The second-order valence-electron chi connectivity index (χ2n) is 3.65. The predicted molar refractivity (Wildman–Crippen MR) is 65.5 cm³/mol. The van der Waals surface area contributed by atoms with E-state index in [9.17, 15) is 8.42 Å². The van der Waals surface area contributed by atoms with Crippen LogP contribution >= 0.6 is 11.6 Å². The summed E-state index contributed by atoms with van der Waals surface area (Å²) >= 11 is 6.07. The Hall–Kier alpha value is -0.780. The molecule has 0 amide bonds. The molecule has 1 saturated heterocycles. The third-order valence-corrected chi connectivity index (χ3v) is 4.21. The normalized spacial score (nSPS) is 20.4. The molecule has 0 saturated carbocycles. The highest BCUT2D eigenvalue weighted by Gasteiger charge is 2.19. The number of nitrogens with one attached hydrogen (secondary N) is 1. The lowest BCUT2D eigenvalue weighted by atomic mass is 10.3. The van der Waals surface area contributed by atoms with Crippen LogP contribution in [-0.4, -0.2) is 33.8 Å². The first kappa shape index (κ1) is 11.7. The summed E-state index contributed by atoms with van der Waals surface area (Å²) in [5, 5.41) is 0.654. The molecule has 16 heavy (non-hydrogen) atoms. The van der Waals surface area contributed by atoms with Crippen LogP contribution in [-0.2, 0) is 10.0 Å². The van der Waals surface area contributed by atoms with Crippen molar-refractivity contribution in [2.75, 3.05) is 30.3 Å². The molecule has 1 aliphatic heterocycles. The Morgan fingerprint density at radius 3 is 2.75 bits per heavy atom. The molecule has 0 atom stereocenters. The summed E-state index contributed by atoms with van der Waals surface area (Å²) in [5.41, 5.74) is 0.892. The van der Waals surface area contributed by atoms with Crippen molar-refractivity contribution in [3.8, 4) is 0 Å². The molecule has 0 aromatic heterocycles. The summed E-state index contributed by atoms with van der Waals surface area (Å²) in [6.07, 6.45) is 0. The molecule has 1 aromatic rings. The molecule has 1 heterocycles. The van der Waals surface area contributed by atoms with Crippen molar-refractivity contribution in [3.05, 3.63) is 29.3 Å². The smallest absolute Gasteiger partial charge is 0.213 e. The Bertz CT molecular complexity index is 475. The van der Waals surface area contributed by atoms with Crippen LogP contribution in [0.2, 0.25) is 5.02 Å². The van der Waals surface area contributed by atoms with Gasteiger partial charge in [-0.2, -0.15) is 0 Å². The number of hydrogen-bond acceptors (Lipinski definition) is 3. The Morgan fingerprint density at radius 2 is 2.00 bits per heavy atom. The first-order valence-electron chi connectivity index (χ1n) is 5.05. The quantitative estimate of drug-likeness (QED) is 0.822. The molecular formula is C10H13ClN2O2S. The molecule has 0 radical (unpaired) electrons. The van der Waals surface area contributed by atoms with Crippen LogP contribution in [0.3, 0.4) is 0 Å². The average molecular weight is 261 g/mol. The molecule has 88 valence electrons. The summed E-state index contributed by atoms with van der Waals surface area (Å²) in [4.78, 5) is 1.99. The second-order valence-corrected chi connectivity index (χ2v) is 5.99. The Kier molecular flexibility index (Phi) is 3.37. The van der Waals surface area contributed by atoms with Crippen LogP contribution in [0.25, 0.3) is 0 Å². The monoisotopic (exact) mass is 260 g/mol. The van der Waals surface area contributed by atoms with E-state index in [1.54, 1.807) is 0 Å². The van der Waals surface area contributed by atoms with Gasteiger partial charge in [0, 0.05) is 19.6 Å². The lowest BCUT2D eigenvalue weighted by Crippen LogP contribution is -2.28. The molecule has 0 bridgehead atoms. The lowest BCUT2D eigenvalue weighted by Gasteiger charge is -2.22. The number of rotatable bonds is 1. The molecule has 1 fully saturated rings. The molecule has 0 spiro atoms. The van der Waals surface area contributed by atoms with E-state index >= 15 is 0 Å². The van der Waals surface area contributed by atoms with E-state index < -0.39 is 10.0 Å². The molecule has 1 N–H and O–H groups in total. The van der Waals surface area contributed by atoms with Gasteiger partial charge in [-0.05, 0) is 12.1 Å². The van der Waals surface area contributed by atoms with Gasteiger partial charge in [0.1, 0.15) is 0 Å². The fourth-order valence-corrected chi connectivity index (χ4v) is 2.96. The largest absolute Gasteiger partial charge is 0.368 e. The molecule has 6 heteroatoms. The Labute approximate surface area is 100 Å². The molecule has 2 rings (SSSR count). The average Bonchev–Trinajstić information content (AvgIpc) is 2.40. The van der Waals surface area contributed by atoms with E-state index in [4.69, 9.17) is 11.6 Å². The SMILES string of the molecule is O=S1(=O)CCN(c2ccccc2Cl)CCN1. The fourth-order valence-electron chi connectivity index (χ4n) is 1.70. The first-order valence-corrected chi connectivity index (χ1v) is 7.08. The van der Waals surface area contributed by atoms with E-state index in [1.807, 2.05) is 29.2 Å². The fraction of sp³-hybridized carbons (Fsp3) is 0.400. The highest BCUT2D eigenvalue weighted by atomic mass is 35.5. The predicted octanol–water partition coefficient (Wildman–Crippen LogP) is 1.08. The minimum atomic E-state index is -3.11. The van der Waals surface area contributed by atoms with E-state index in [0.29, 0.717) is 24.7 Å². The number of hydrogen-bond donors (Lipinski definition) is 1. The van der Waals surface area contributed by atoms with Gasteiger partial charge in [0.15, 0.2) is 0 Å². The molecule has 1 aliphatic rings. The maximum absolute atomic E-state index is 11.4. The number of anilines is 1. The number of nitrogens with zero attached hydrogens (tertiary/aromatic N) is 1. The first-order chi connectivity index (χ1) is 7.58. The zero-order chi connectivity index (χ0) is 11.6. The van der Waals surface area contributed by atoms with Gasteiger partial charge in [-0.15, -0.1) is 0 Å². The maximum atomic E-state index is 11.4. The zero-order valence-electron chi connectivity index (χ0n) is 8.69. The second kappa shape index (κ2) is 4.61. The van der Waals surface area contributed by atoms with E-state index in [2.05, 4.69) is 4.72 Å². The van der Waals surface area contributed by atoms with Crippen molar-refractivity contribution < 1.29 is 8.42 Å². The Morgan fingerprint density at radius 1 is 1.25 bits per heavy atom. The van der Waals surface area contributed by atoms with Crippen LogP contribution in [0.15, 0.2) is 24.3 Å². The van der Waals surface area contributed by atoms with Gasteiger partial charge >= 0.3 is 0 Å². The van der Waals surface area contributed by atoms with Crippen LogP contribution in [0.1, 0.15) is 0 Å². The van der Waals surface area contributed by atoms with Gasteiger partial charge in [-0.3, -0.25) is 0 Å². The summed E-state index contributed by atoms with van der Waals surface area (Å²) in [5.74, 6) is 0.109. The number of para-hydroxylation sites is 1. The molecular weight excluding hydrogens is 248 g/mol.